The molecule has 1 atom stereocenters. The molecular formula is C12H20F2N4O2. The van der Waals surface area contributed by atoms with Crippen LogP contribution in [0.3, 0.4) is 0 Å². The van der Waals surface area contributed by atoms with Gasteiger partial charge in [0, 0.05) is 26.8 Å². The summed E-state index contributed by atoms with van der Waals surface area (Å²) in [5.41, 5.74) is 2.10. The zero-order valence-electron chi connectivity index (χ0n) is 11.8. The largest absolute Gasteiger partial charge is 0.383 e. The summed E-state index contributed by atoms with van der Waals surface area (Å²) in [6, 6.07) is 0.588. The molecule has 0 amide bonds. The van der Waals surface area contributed by atoms with Gasteiger partial charge in [0.25, 0.3) is 0 Å². The molecule has 20 heavy (non-hydrogen) atoms. The van der Waals surface area contributed by atoms with Crippen LogP contribution in [0.15, 0.2) is 6.07 Å². The molecule has 0 aliphatic carbocycles. The maximum atomic E-state index is 14.0. The fourth-order valence-corrected chi connectivity index (χ4v) is 1.82. The van der Waals surface area contributed by atoms with E-state index in [4.69, 9.17) is 15.3 Å². The first-order valence-corrected chi connectivity index (χ1v) is 6.12. The highest BCUT2D eigenvalue weighted by Crippen LogP contribution is 2.23. The van der Waals surface area contributed by atoms with Crippen LogP contribution in [0.25, 0.3) is 0 Å². The van der Waals surface area contributed by atoms with Crippen molar-refractivity contribution < 1.29 is 18.3 Å². The number of hydrogen-bond donors (Lipinski definition) is 2. The number of nitrogens with zero attached hydrogens (tertiary/aromatic N) is 2. The first-order chi connectivity index (χ1) is 9.54. The number of nitrogens with two attached hydrogens (primary N) is 1. The average Bonchev–Trinajstić information content (AvgIpc) is 2.41. The van der Waals surface area contributed by atoms with Gasteiger partial charge >= 0.3 is 0 Å². The fourth-order valence-electron chi connectivity index (χ4n) is 1.82. The van der Waals surface area contributed by atoms with Crippen LogP contribution in [0.5, 0.6) is 0 Å². The summed E-state index contributed by atoms with van der Waals surface area (Å²) >= 11 is 0. The van der Waals surface area contributed by atoms with Crippen molar-refractivity contribution in [2.75, 3.05) is 44.3 Å². The topological polar surface area (TPSA) is 72.6 Å². The highest BCUT2D eigenvalue weighted by Gasteiger charge is 2.21. The number of ether oxygens (including phenoxy) is 2. The zero-order valence-corrected chi connectivity index (χ0v) is 11.8. The summed E-state index contributed by atoms with van der Waals surface area (Å²) < 4.78 is 37.4. The van der Waals surface area contributed by atoms with Crippen LogP contribution in [0.4, 0.5) is 20.4 Å². The SMILES string of the molecule is COCCN(c1nc(NN)c(F)cc1F)C(C)COC. The standard InChI is InChI=1S/C12H20F2N4O2/c1-8(7-20-3)18(4-5-19-2)12-10(14)6-9(13)11(16-12)17-15/h6,8H,4-5,7,15H2,1-3H3,(H,16,17). The molecule has 0 saturated carbocycles. The van der Waals surface area contributed by atoms with Crippen LogP contribution in [0.1, 0.15) is 6.92 Å². The van der Waals surface area contributed by atoms with E-state index >= 15 is 0 Å². The quantitative estimate of drug-likeness (QED) is 0.552. The van der Waals surface area contributed by atoms with Crippen LogP contribution in [0, 0.1) is 11.6 Å². The molecule has 1 aromatic rings. The first-order valence-electron chi connectivity index (χ1n) is 6.12. The number of hydrazine groups is 1. The lowest BCUT2D eigenvalue weighted by atomic mass is 10.2. The number of rotatable bonds is 8. The second-order valence-corrected chi connectivity index (χ2v) is 4.26. The Bertz CT molecular complexity index is 434. The van der Waals surface area contributed by atoms with Gasteiger partial charge in [0.2, 0.25) is 0 Å². The third-order valence-electron chi connectivity index (χ3n) is 2.80. The van der Waals surface area contributed by atoms with E-state index in [2.05, 4.69) is 10.4 Å². The minimum Gasteiger partial charge on any atom is -0.383 e. The van der Waals surface area contributed by atoms with E-state index in [1.807, 2.05) is 6.92 Å². The van der Waals surface area contributed by atoms with E-state index in [-0.39, 0.29) is 17.7 Å². The van der Waals surface area contributed by atoms with Crippen molar-refractivity contribution in [3.8, 4) is 0 Å². The Labute approximate surface area is 116 Å². The molecule has 0 aliphatic rings. The molecule has 0 aromatic carbocycles. The molecule has 0 aliphatic heterocycles. The fraction of sp³-hybridized carbons (Fsp3) is 0.583. The molecule has 114 valence electrons. The summed E-state index contributed by atoms with van der Waals surface area (Å²) in [6.07, 6.45) is 0. The monoisotopic (exact) mass is 290 g/mol. The van der Waals surface area contributed by atoms with Gasteiger partial charge in [0.15, 0.2) is 23.3 Å². The second kappa shape index (κ2) is 7.93. The Morgan fingerprint density at radius 3 is 2.60 bits per heavy atom. The smallest absolute Gasteiger partial charge is 0.178 e. The predicted molar refractivity (Wildman–Crippen MR) is 72.5 cm³/mol. The molecule has 0 bridgehead atoms. The molecule has 1 aromatic heterocycles. The molecular weight excluding hydrogens is 270 g/mol. The normalized spacial score (nSPS) is 12.3. The number of nitrogens with one attached hydrogen (secondary N) is 1. The van der Waals surface area contributed by atoms with Crippen molar-refractivity contribution in [1.29, 1.82) is 0 Å². The molecule has 6 nitrogen and oxygen atoms in total. The molecule has 3 N–H and O–H groups in total. The van der Waals surface area contributed by atoms with E-state index in [1.165, 1.54) is 0 Å². The van der Waals surface area contributed by atoms with Crippen molar-refractivity contribution in [2.24, 2.45) is 5.84 Å². The van der Waals surface area contributed by atoms with E-state index in [0.29, 0.717) is 19.8 Å². The van der Waals surface area contributed by atoms with Gasteiger partial charge in [-0.2, -0.15) is 0 Å². The van der Waals surface area contributed by atoms with E-state index < -0.39 is 11.6 Å². The molecule has 8 heteroatoms. The first kappa shape index (κ1) is 16.5. The number of aromatic nitrogens is 1. The number of nitrogen functional groups attached to an aromatic ring is 1. The summed E-state index contributed by atoms with van der Waals surface area (Å²) in [5.74, 6) is 3.34. The summed E-state index contributed by atoms with van der Waals surface area (Å²) in [7, 11) is 3.09. The highest BCUT2D eigenvalue weighted by atomic mass is 19.1. The summed E-state index contributed by atoms with van der Waals surface area (Å²) in [6.45, 7) is 2.98. The van der Waals surface area contributed by atoms with E-state index in [9.17, 15) is 8.78 Å². The Kier molecular flexibility index (Phi) is 6.56. The van der Waals surface area contributed by atoms with Crippen LogP contribution in [-0.4, -0.2) is 45.0 Å². The van der Waals surface area contributed by atoms with Crippen molar-refractivity contribution >= 4 is 11.6 Å². The van der Waals surface area contributed by atoms with Crippen molar-refractivity contribution in [2.45, 2.75) is 13.0 Å². The molecule has 0 radical (unpaired) electrons. The van der Waals surface area contributed by atoms with Gasteiger partial charge in [0.1, 0.15) is 0 Å². The van der Waals surface area contributed by atoms with Gasteiger partial charge in [-0.05, 0) is 6.92 Å². The molecule has 1 rings (SSSR count). The predicted octanol–water partition coefficient (Wildman–Crippen LogP) is 1.13. The number of hydrogen-bond acceptors (Lipinski definition) is 6. The van der Waals surface area contributed by atoms with Gasteiger partial charge in [0.05, 0.1) is 19.3 Å². The second-order valence-electron chi connectivity index (χ2n) is 4.26. The van der Waals surface area contributed by atoms with Gasteiger partial charge in [-0.3, -0.25) is 0 Å². The molecule has 1 heterocycles. The van der Waals surface area contributed by atoms with Crippen LogP contribution in [0.2, 0.25) is 0 Å². The van der Waals surface area contributed by atoms with Crippen LogP contribution >= 0.6 is 0 Å². The number of pyridine rings is 1. The summed E-state index contributed by atoms with van der Waals surface area (Å²) in [5, 5.41) is 0. The zero-order chi connectivity index (χ0) is 15.1. The maximum absolute atomic E-state index is 14.0. The third kappa shape index (κ3) is 3.99. The molecule has 0 fully saturated rings. The van der Waals surface area contributed by atoms with Gasteiger partial charge in [-0.15, -0.1) is 0 Å². The average molecular weight is 290 g/mol. The molecule has 0 spiro atoms. The number of methoxy groups -OCH3 is 2. The van der Waals surface area contributed by atoms with Crippen molar-refractivity contribution in [3.63, 3.8) is 0 Å². The van der Waals surface area contributed by atoms with Gasteiger partial charge in [-0.1, -0.05) is 0 Å². The lowest BCUT2D eigenvalue weighted by Crippen LogP contribution is -2.40. The van der Waals surface area contributed by atoms with Crippen molar-refractivity contribution in [1.82, 2.24) is 4.98 Å². The van der Waals surface area contributed by atoms with Gasteiger partial charge < -0.3 is 19.8 Å². The Balaban J connectivity index is 3.11. The van der Waals surface area contributed by atoms with Crippen LogP contribution < -0.4 is 16.2 Å². The van der Waals surface area contributed by atoms with Crippen molar-refractivity contribution in [3.05, 3.63) is 17.7 Å². The molecule has 1 unspecified atom stereocenters. The minimum absolute atomic E-state index is 0.000880. The highest BCUT2D eigenvalue weighted by molar-refractivity contribution is 5.49. The van der Waals surface area contributed by atoms with Gasteiger partial charge in [-0.25, -0.2) is 19.6 Å². The lowest BCUT2D eigenvalue weighted by molar-refractivity contribution is 0.170. The number of anilines is 2. The summed E-state index contributed by atoms with van der Waals surface area (Å²) in [4.78, 5) is 5.52. The third-order valence-corrected chi connectivity index (χ3v) is 2.80. The van der Waals surface area contributed by atoms with E-state index in [1.54, 1.807) is 19.1 Å². The van der Waals surface area contributed by atoms with E-state index in [0.717, 1.165) is 6.07 Å². The lowest BCUT2D eigenvalue weighted by Gasteiger charge is -2.30. The minimum atomic E-state index is -0.847. The molecule has 0 saturated heterocycles. The number of halogens is 2. The van der Waals surface area contributed by atoms with Crippen LogP contribution in [-0.2, 0) is 9.47 Å². The maximum Gasteiger partial charge on any atom is 0.178 e. The Morgan fingerprint density at radius 1 is 1.35 bits per heavy atom. The Morgan fingerprint density at radius 2 is 2.05 bits per heavy atom. The Hall–Kier alpha value is -1.51.